The Hall–Kier alpha value is -1.35. The number of ether oxygens (including phenoxy) is 1. The number of carbonyl (C=O) groups excluding carboxylic acids is 1. The molecular formula is C24H40O3. The smallest absolute Gasteiger partial charge is 0.311 e. The van der Waals surface area contributed by atoms with E-state index in [0.717, 1.165) is 32.1 Å². The summed E-state index contributed by atoms with van der Waals surface area (Å²) in [6, 6.07) is 9.28. The van der Waals surface area contributed by atoms with Crippen molar-refractivity contribution >= 4 is 5.97 Å². The Morgan fingerprint density at radius 3 is 1.93 bits per heavy atom. The molecule has 1 rings (SSSR count). The van der Waals surface area contributed by atoms with Gasteiger partial charge in [-0.2, -0.15) is 0 Å². The van der Waals surface area contributed by atoms with Gasteiger partial charge in [0, 0.05) is 6.42 Å². The lowest BCUT2D eigenvalue weighted by molar-refractivity contribution is -0.134. The quantitative estimate of drug-likeness (QED) is 0.184. The predicted octanol–water partition coefficient (Wildman–Crippen LogP) is 6.82. The van der Waals surface area contributed by atoms with Crippen LogP contribution in [0.25, 0.3) is 0 Å². The molecule has 0 aliphatic heterocycles. The molecule has 0 spiro atoms. The van der Waals surface area contributed by atoms with E-state index in [9.17, 15) is 9.90 Å². The number of hydrogen-bond acceptors (Lipinski definition) is 3. The number of rotatable bonds is 17. The molecule has 154 valence electrons. The molecule has 0 bridgehead atoms. The Bertz CT molecular complexity index is 458. The molecule has 0 amide bonds. The van der Waals surface area contributed by atoms with Crippen molar-refractivity contribution in [1.82, 2.24) is 0 Å². The summed E-state index contributed by atoms with van der Waals surface area (Å²) in [7, 11) is 0. The second kappa shape index (κ2) is 16.8. The van der Waals surface area contributed by atoms with E-state index in [1.165, 1.54) is 57.8 Å². The maximum absolute atomic E-state index is 11.7. The number of unbranched alkanes of at least 4 members (excludes halogenated alkanes) is 10. The van der Waals surface area contributed by atoms with Gasteiger partial charge in [-0.25, -0.2) is 0 Å². The second-order valence-electron chi connectivity index (χ2n) is 7.66. The van der Waals surface area contributed by atoms with E-state index >= 15 is 0 Å². The summed E-state index contributed by atoms with van der Waals surface area (Å²) >= 11 is 0. The van der Waals surface area contributed by atoms with Gasteiger partial charge in [-0.3, -0.25) is 4.79 Å². The number of aliphatic hydroxyl groups excluding tert-OH is 1. The third-order valence-electron chi connectivity index (χ3n) is 5.03. The summed E-state index contributed by atoms with van der Waals surface area (Å²) in [6.07, 6.45) is 16.8. The van der Waals surface area contributed by atoms with Crippen molar-refractivity contribution in [3.63, 3.8) is 0 Å². The van der Waals surface area contributed by atoms with E-state index < -0.39 is 0 Å². The molecule has 0 saturated heterocycles. The van der Waals surface area contributed by atoms with Gasteiger partial charge in [-0.15, -0.1) is 0 Å². The van der Waals surface area contributed by atoms with E-state index in [1.54, 1.807) is 0 Å². The number of aliphatic hydroxyl groups is 1. The van der Waals surface area contributed by atoms with Crippen LogP contribution in [-0.4, -0.2) is 17.2 Å². The van der Waals surface area contributed by atoms with Crippen molar-refractivity contribution in [2.75, 3.05) is 0 Å². The van der Waals surface area contributed by atoms with Crippen LogP contribution in [0.4, 0.5) is 0 Å². The zero-order valence-corrected chi connectivity index (χ0v) is 17.3. The lowest BCUT2D eigenvalue weighted by atomic mass is 10.0. The molecule has 0 heterocycles. The minimum absolute atomic E-state index is 0.0786. The van der Waals surface area contributed by atoms with Crippen molar-refractivity contribution in [2.45, 2.75) is 109 Å². The van der Waals surface area contributed by atoms with Crippen molar-refractivity contribution in [3.05, 3.63) is 30.3 Å². The fourth-order valence-electron chi connectivity index (χ4n) is 3.33. The maximum Gasteiger partial charge on any atom is 0.311 e. The molecule has 0 aliphatic rings. The molecule has 1 N–H and O–H groups in total. The molecular weight excluding hydrogens is 336 g/mol. The first-order valence-corrected chi connectivity index (χ1v) is 11.2. The molecule has 0 saturated carbocycles. The van der Waals surface area contributed by atoms with Crippen molar-refractivity contribution in [2.24, 2.45) is 0 Å². The SMILES string of the molecule is CCCCCC(O)CCCCCCCCCCCC(=O)Oc1ccccc1. The summed E-state index contributed by atoms with van der Waals surface area (Å²) in [5.41, 5.74) is 0. The van der Waals surface area contributed by atoms with Crippen molar-refractivity contribution in [1.29, 1.82) is 0 Å². The average Bonchev–Trinajstić information content (AvgIpc) is 2.67. The van der Waals surface area contributed by atoms with E-state index in [2.05, 4.69) is 6.92 Å². The van der Waals surface area contributed by atoms with Gasteiger partial charge in [0.2, 0.25) is 0 Å². The number of para-hydroxylation sites is 1. The zero-order chi connectivity index (χ0) is 19.6. The summed E-state index contributed by atoms with van der Waals surface area (Å²) < 4.78 is 5.28. The molecule has 0 fully saturated rings. The van der Waals surface area contributed by atoms with Crippen LogP contribution in [-0.2, 0) is 4.79 Å². The average molecular weight is 377 g/mol. The van der Waals surface area contributed by atoms with Crippen LogP contribution >= 0.6 is 0 Å². The molecule has 3 heteroatoms. The highest BCUT2D eigenvalue weighted by Crippen LogP contribution is 2.15. The lowest BCUT2D eigenvalue weighted by Crippen LogP contribution is -2.07. The van der Waals surface area contributed by atoms with Gasteiger partial charge in [-0.05, 0) is 31.4 Å². The van der Waals surface area contributed by atoms with E-state index in [0.29, 0.717) is 12.2 Å². The Kier molecular flexibility index (Phi) is 14.7. The fourth-order valence-corrected chi connectivity index (χ4v) is 3.33. The van der Waals surface area contributed by atoms with Gasteiger partial charge in [0.1, 0.15) is 5.75 Å². The Labute approximate surface area is 166 Å². The molecule has 0 radical (unpaired) electrons. The number of carbonyl (C=O) groups is 1. The molecule has 0 aliphatic carbocycles. The molecule has 1 unspecified atom stereocenters. The topological polar surface area (TPSA) is 46.5 Å². The largest absolute Gasteiger partial charge is 0.427 e. The number of hydrogen-bond donors (Lipinski definition) is 1. The van der Waals surface area contributed by atoms with Gasteiger partial charge in [0.15, 0.2) is 0 Å². The molecule has 27 heavy (non-hydrogen) atoms. The van der Waals surface area contributed by atoms with Crippen LogP contribution in [0.5, 0.6) is 5.75 Å². The van der Waals surface area contributed by atoms with Gasteiger partial charge < -0.3 is 9.84 Å². The summed E-state index contributed by atoms with van der Waals surface area (Å²) in [5, 5.41) is 9.89. The van der Waals surface area contributed by atoms with Crippen LogP contribution in [0, 0.1) is 0 Å². The van der Waals surface area contributed by atoms with Gasteiger partial charge in [0.25, 0.3) is 0 Å². The molecule has 0 aromatic heterocycles. The van der Waals surface area contributed by atoms with E-state index in [1.807, 2.05) is 30.3 Å². The Morgan fingerprint density at radius 2 is 1.33 bits per heavy atom. The van der Waals surface area contributed by atoms with E-state index in [-0.39, 0.29) is 12.1 Å². The third-order valence-corrected chi connectivity index (χ3v) is 5.03. The maximum atomic E-state index is 11.7. The zero-order valence-electron chi connectivity index (χ0n) is 17.3. The van der Waals surface area contributed by atoms with Crippen molar-refractivity contribution in [3.8, 4) is 5.75 Å². The highest BCUT2D eigenvalue weighted by Gasteiger charge is 2.04. The Balaban J connectivity index is 1.82. The van der Waals surface area contributed by atoms with Crippen molar-refractivity contribution < 1.29 is 14.6 Å². The highest BCUT2D eigenvalue weighted by atomic mass is 16.5. The first-order chi connectivity index (χ1) is 13.2. The summed E-state index contributed by atoms with van der Waals surface area (Å²) in [4.78, 5) is 11.7. The molecule has 1 aromatic carbocycles. The predicted molar refractivity (Wildman–Crippen MR) is 113 cm³/mol. The third kappa shape index (κ3) is 14.4. The Morgan fingerprint density at radius 1 is 0.815 bits per heavy atom. The second-order valence-corrected chi connectivity index (χ2v) is 7.66. The minimum Gasteiger partial charge on any atom is -0.427 e. The minimum atomic E-state index is -0.127. The number of esters is 1. The lowest BCUT2D eigenvalue weighted by Gasteiger charge is -2.09. The highest BCUT2D eigenvalue weighted by molar-refractivity contribution is 5.72. The standard InChI is InChI=1S/C24H40O3/c1-2-3-12-17-22(25)18-13-9-7-5-4-6-8-10-16-21-24(26)27-23-19-14-11-15-20-23/h11,14-15,19-20,22,25H,2-10,12-13,16-18,21H2,1H3. The summed E-state index contributed by atoms with van der Waals surface area (Å²) in [6.45, 7) is 2.20. The van der Waals surface area contributed by atoms with Crippen LogP contribution in [0.1, 0.15) is 103 Å². The summed E-state index contributed by atoms with van der Waals surface area (Å²) in [5.74, 6) is 0.508. The van der Waals surface area contributed by atoms with Crippen LogP contribution < -0.4 is 4.74 Å². The van der Waals surface area contributed by atoms with Crippen LogP contribution in [0.3, 0.4) is 0 Å². The molecule has 3 nitrogen and oxygen atoms in total. The number of benzene rings is 1. The molecule has 1 atom stereocenters. The fraction of sp³-hybridized carbons (Fsp3) is 0.708. The first kappa shape index (κ1) is 23.7. The normalized spacial score (nSPS) is 12.1. The van der Waals surface area contributed by atoms with Gasteiger partial charge in [-0.1, -0.05) is 95.8 Å². The van der Waals surface area contributed by atoms with Gasteiger partial charge in [0.05, 0.1) is 6.10 Å². The van der Waals surface area contributed by atoms with Crippen LogP contribution in [0.2, 0.25) is 0 Å². The monoisotopic (exact) mass is 376 g/mol. The van der Waals surface area contributed by atoms with Crippen LogP contribution in [0.15, 0.2) is 30.3 Å². The van der Waals surface area contributed by atoms with E-state index in [4.69, 9.17) is 4.74 Å². The van der Waals surface area contributed by atoms with Gasteiger partial charge >= 0.3 is 5.97 Å². The molecule has 1 aromatic rings. The first-order valence-electron chi connectivity index (χ1n) is 11.2.